The van der Waals surface area contributed by atoms with E-state index in [0.29, 0.717) is 58.5 Å². The summed E-state index contributed by atoms with van der Waals surface area (Å²) in [5, 5.41) is 9.54. The SMILES string of the molecule is Cc1ccc(C)c(NC(=O)CN2CC[C@H]3NC(=O)[C@@H](Cc4ccccc4)NC(=O)C4(C/C=C/C[C@H]3C2)CCOCC4)c1. The van der Waals surface area contributed by atoms with E-state index in [1.165, 1.54) is 0 Å². The van der Waals surface area contributed by atoms with Crippen LogP contribution in [0.1, 0.15) is 48.8 Å². The standard InChI is InChI=1S/C34H44N4O4/c1-24-11-12-25(2)29(20-24)35-31(39)23-38-17-13-28-27(22-38)10-6-7-14-34(15-18-42-19-16-34)33(41)37-30(32(40)36-28)21-26-8-4-3-5-9-26/h3-9,11-12,20,27-28,30H,10,13-19,21-23H2,1-2H3,(H,35,39)(H,36,40)(H,37,41)/b7-6+/t27-,28+,30+/m0/s1. The van der Waals surface area contributed by atoms with Crippen LogP contribution in [-0.4, -0.2) is 67.6 Å². The van der Waals surface area contributed by atoms with Crippen LogP contribution in [0.5, 0.6) is 0 Å². The summed E-state index contributed by atoms with van der Waals surface area (Å²) < 4.78 is 5.60. The van der Waals surface area contributed by atoms with Crippen molar-refractivity contribution in [2.24, 2.45) is 11.3 Å². The number of amides is 3. The minimum Gasteiger partial charge on any atom is -0.381 e. The minimum absolute atomic E-state index is 0.0259. The number of ether oxygens (including phenoxy) is 1. The van der Waals surface area contributed by atoms with Crippen LogP contribution in [0.3, 0.4) is 0 Å². The van der Waals surface area contributed by atoms with Crippen molar-refractivity contribution in [3.05, 3.63) is 77.4 Å². The summed E-state index contributed by atoms with van der Waals surface area (Å²) in [7, 11) is 0. The first kappa shape index (κ1) is 30.0. The molecule has 0 radical (unpaired) electrons. The quantitative estimate of drug-likeness (QED) is 0.472. The lowest BCUT2D eigenvalue weighted by Gasteiger charge is -2.40. The normalized spacial score (nSPS) is 25.7. The number of benzene rings is 2. The summed E-state index contributed by atoms with van der Waals surface area (Å²) in [4.78, 5) is 42.7. The average molecular weight is 573 g/mol. The van der Waals surface area contributed by atoms with Crippen molar-refractivity contribution in [2.75, 3.05) is 38.2 Å². The lowest BCUT2D eigenvalue weighted by Crippen LogP contribution is -2.58. The second kappa shape index (κ2) is 13.7. The number of piperidine rings is 1. The Morgan fingerprint density at radius 2 is 1.83 bits per heavy atom. The maximum absolute atomic E-state index is 13.8. The lowest BCUT2D eigenvalue weighted by molar-refractivity contribution is -0.140. The molecule has 3 heterocycles. The van der Waals surface area contributed by atoms with Gasteiger partial charge in [-0.05, 0) is 74.6 Å². The Morgan fingerprint density at radius 1 is 1.05 bits per heavy atom. The fourth-order valence-corrected chi connectivity index (χ4v) is 6.46. The molecule has 3 N–H and O–H groups in total. The Hall–Kier alpha value is -3.49. The molecule has 0 unspecified atom stereocenters. The first-order chi connectivity index (χ1) is 20.3. The predicted octanol–water partition coefficient (Wildman–Crippen LogP) is 3.92. The van der Waals surface area contributed by atoms with Crippen molar-refractivity contribution >= 4 is 23.4 Å². The van der Waals surface area contributed by atoms with E-state index in [-0.39, 0.29) is 29.7 Å². The van der Waals surface area contributed by atoms with Gasteiger partial charge in [0.05, 0.1) is 12.0 Å². The Morgan fingerprint density at radius 3 is 2.62 bits per heavy atom. The van der Waals surface area contributed by atoms with Crippen molar-refractivity contribution in [3.63, 3.8) is 0 Å². The number of carbonyl (C=O) groups excluding carboxylic acids is 3. The molecule has 3 aliphatic heterocycles. The molecule has 2 fully saturated rings. The molecule has 3 atom stereocenters. The molecule has 42 heavy (non-hydrogen) atoms. The van der Waals surface area contributed by atoms with Gasteiger partial charge in [0.25, 0.3) is 0 Å². The van der Waals surface area contributed by atoms with E-state index in [2.05, 4.69) is 33.0 Å². The van der Waals surface area contributed by atoms with E-state index in [1.807, 2.05) is 62.4 Å². The topological polar surface area (TPSA) is 99.8 Å². The first-order valence-corrected chi connectivity index (χ1v) is 15.3. The molecule has 2 aromatic carbocycles. The first-order valence-electron chi connectivity index (χ1n) is 15.3. The highest BCUT2D eigenvalue weighted by atomic mass is 16.5. The molecule has 1 spiro atoms. The van der Waals surface area contributed by atoms with Crippen LogP contribution in [0.2, 0.25) is 0 Å². The van der Waals surface area contributed by atoms with Gasteiger partial charge >= 0.3 is 0 Å². The van der Waals surface area contributed by atoms with Gasteiger partial charge in [-0.1, -0.05) is 54.6 Å². The summed E-state index contributed by atoms with van der Waals surface area (Å²) in [6.07, 6.45) is 8.16. The fourth-order valence-electron chi connectivity index (χ4n) is 6.46. The van der Waals surface area contributed by atoms with E-state index in [0.717, 1.165) is 35.2 Å². The highest BCUT2D eigenvalue weighted by Crippen LogP contribution is 2.36. The molecule has 8 heteroatoms. The van der Waals surface area contributed by atoms with Crippen LogP contribution in [0.4, 0.5) is 5.69 Å². The number of nitrogens with zero attached hydrogens (tertiary/aromatic N) is 1. The summed E-state index contributed by atoms with van der Waals surface area (Å²) in [5.41, 5.74) is 3.43. The van der Waals surface area contributed by atoms with Gasteiger partial charge in [-0.3, -0.25) is 19.3 Å². The molecule has 5 rings (SSSR count). The monoisotopic (exact) mass is 572 g/mol. The Labute approximate surface area is 249 Å². The number of hydrogen-bond donors (Lipinski definition) is 3. The number of anilines is 1. The molecule has 2 saturated heterocycles. The Bertz CT molecular complexity index is 1290. The third-order valence-corrected chi connectivity index (χ3v) is 9.13. The second-order valence-corrected chi connectivity index (χ2v) is 12.3. The second-order valence-electron chi connectivity index (χ2n) is 12.3. The van der Waals surface area contributed by atoms with E-state index in [1.54, 1.807) is 0 Å². The summed E-state index contributed by atoms with van der Waals surface area (Å²) >= 11 is 0. The fraction of sp³-hybridized carbons (Fsp3) is 0.500. The Kier molecular flexibility index (Phi) is 9.75. The molecular formula is C34H44N4O4. The van der Waals surface area contributed by atoms with E-state index >= 15 is 0 Å². The third-order valence-electron chi connectivity index (χ3n) is 9.13. The molecule has 3 aliphatic rings. The molecule has 0 aliphatic carbocycles. The van der Waals surface area contributed by atoms with Crippen LogP contribution in [0, 0.1) is 25.2 Å². The molecular weight excluding hydrogens is 528 g/mol. The van der Waals surface area contributed by atoms with Gasteiger partial charge in [-0.15, -0.1) is 0 Å². The summed E-state index contributed by atoms with van der Waals surface area (Å²) in [5.74, 6) is -0.0732. The van der Waals surface area contributed by atoms with E-state index in [9.17, 15) is 14.4 Å². The van der Waals surface area contributed by atoms with Crippen molar-refractivity contribution in [1.82, 2.24) is 15.5 Å². The van der Waals surface area contributed by atoms with Gasteiger partial charge in [0.2, 0.25) is 17.7 Å². The van der Waals surface area contributed by atoms with Gasteiger partial charge in [0.15, 0.2) is 0 Å². The van der Waals surface area contributed by atoms with Crippen LogP contribution < -0.4 is 16.0 Å². The summed E-state index contributed by atoms with van der Waals surface area (Å²) in [6.45, 7) is 6.84. The number of fused-ring (bicyclic) bond motifs is 1. The predicted molar refractivity (Wildman–Crippen MR) is 164 cm³/mol. The summed E-state index contributed by atoms with van der Waals surface area (Å²) in [6, 6.07) is 15.2. The van der Waals surface area contributed by atoms with Gasteiger partial charge in [0.1, 0.15) is 6.04 Å². The molecule has 8 nitrogen and oxygen atoms in total. The van der Waals surface area contributed by atoms with Gasteiger partial charge in [-0.25, -0.2) is 0 Å². The number of allylic oxidation sites excluding steroid dienone is 2. The van der Waals surface area contributed by atoms with E-state index < -0.39 is 11.5 Å². The smallest absolute Gasteiger partial charge is 0.243 e. The maximum Gasteiger partial charge on any atom is 0.243 e. The largest absolute Gasteiger partial charge is 0.381 e. The zero-order valence-electron chi connectivity index (χ0n) is 24.9. The van der Waals surface area contributed by atoms with Crippen LogP contribution in [-0.2, 0) is 25.5 Å². The third kappa shape index (κ3) is 7.47. The average Bonchev–Trinajstić information content (AvgIpc) is 2.98. The number of nitrogens with one attached hydrogen (secondary N) is 3. The van der Waals surface area contributed by atoms with Crippen LogP contribution in [0.15, 0.2) is 60.7 Å². The van der Waals surface area contributed by atoms with Crippen molar-refractivity contribution < 1.29 is 19.1 Å². The molecule has 0 aromatic heterocycles. The highest BCUT2D eigenvalue weighted by Gasteiger charge is 2.41. The van der Waals surface area contributed by atoms with Crippen molar-refractivity contribution in [1.29, 1.82) is 0 Å². The lowest BCUT2D eigenvalue weighted by atomic mass is 9.75. The van der Waals surface area contributed by atoms with Crippen molar-refractivity contribution in [2.45, 2.75) is 64.5 Å². The van der Waals surface area contributed by atoms with Gasteiger partial charge in [0, 0.05) is 44.5 Å². The number of rotatable bonds is 5. The minimum atomic E-state index is -0.662. The number of carbonyl (C=O) groups is 3. The molecule has 0 saturated carbocycles. The molecule has 224 valence electrons. The van der Waals surface area contributed by atoms with Crippen LogP contribution >= 0.6 is 0 Å². The van der Waals surface area contributed by atoms with Crippen LogP contribution in [0.25, 0.3) is 0 Å². The number of aryl methyl sites for hydroxylation is 2. The highest BCUT2D eigenvalue weighted by molar-refractivity contribution is 5.93. The maximum atomic E-state index is 13.8. The van der Waals surface area contributed by atoms with Gasteiger partial charge in [-0.2, -0.15) is 0 Å². The number of likely N-dealkylation sites (tertiary alicyclic amines) is 1. The van der Waals surface area contributed by atoms with E-state index in [4.69, 9.17) is 4.74 Å². The molecule has 0 bridgehead atoms. The van der Waals surface area contributed by atoms with Gasteiger partial charge < -0.3 is 20.7 Å². The Balaban J connectivity index is 1.31. The molecule has 3 amide bonds. The number of hydrogen-bond acceptors (Lipinski definition) is 5. The zero-order chi connectivity index (χ0) is 29.5. The zero-order valence-corrected chi connectivity index (χ0v) is 24.9. The van der Waals surface area contributed by atoms with Crippen molar-refractivity contribution in [3.8, 4) is 0 Å². The molecule has 2 aromatic rings.